The molecule has 5 heteroatoms. The molecule has 1 aromatic rings. The summed E-state index contributed by atoms with van der Waals surface area (Å²) in [5.41, 5.74) is -0.498. The third-order valence-electron chi connectivity index (χ3n) is 2.89. The van der Waals surface area contributed by atoms with E-state index >= 15 is 0 Å². The second kappa shape index (κ2) is 4.91. The third-order valence-corrected chi connectivity index (χ3v) is 2.89. The maximum atomic E-state index is 11.7. The number of cyclic esters (lactones) is 1. The van der Waals surface area contributed by atoms with Crippen molar-refractivity contribution in [2.75, 3.05) is 6.61 Å². The average molecular weight is 264 g/mol. The summed E-state index contributed by atoms with van der Waals surface area (Å²) in [6.45, 7) is 5.70. The Bertz CT molecular complexity index is 524. The van der Waals surface area contributed by atoms with E-state index in [0.717, 1.165) is 5.76 Å². The molecule has 19 heavy (non-hydrogen) atoms. The van der Waals surface area contributed by atoms with Gasteiger partial charge in [-0.1, -0.05) is 13.8 Å². The summed E-state index contributed by atoms with van der Waals surface area (Å²) in [7, 11) is 0. The maximum Gasteiger partial charge on any atom is 0.348 e. The van der Waals surface area contributed by atoms with Crippen LogP contribution < -0.4 is 0 Å². The Morgan fingerprint density at radius 3 is 2.74 bits per heavy atom. The van der Waals surface area contributed by atoms with Crippen LogP contribution in [0.2, 0.25) is 0 Å². The lowest BCUT2D eigenvalue weighted by atomic mass is 9.90. The van der Waals surface area contributed by atoms with E-state index in [4.69, 9.17) is 13.9 Å². The highest BCUT2D eigenvalue weighted by Crippen LogP contribution is 2.31. The van der Waals surface area contributed by atoms with Gasteiger partial charge in [0.1, 0.15) is 18.1 Å². The van der Waals surface area contributed by atoms with E-state index in [1.165, 1.54) is 12.2 Å². The number of carbonyl (C=O) groups excluding carboxylic acids is 2. The minimum absolute atomic E-state index is 0.255. The molecule has 1 aliphatic heterocycles. The summed E-state index contributed by atoms with van der Waals surface area (Å²) < 4.78 is 15.3. The zero-order chi connectivity index (χ0) is 14.0. The van der Waals surface area contributed by atoms with Gasteiger partial charge in [0.25, 0.3) is 0 Å². The van der Waals surface area contributed by atoms with Gasteiger partial charge in [0.05, 0.1) is 0 Å². The van der Waals surface area contributed by atoms with E-state index in [2.05, 4.69) is 0 Å². The Labute approximate surface area is 111 Å². The summed E-state index contributed by atoms with van der Waals surface area (Å²) in [5, 5.41) is 0. The molecule has 1 atom stereocenters. The maximum absolute atomic E-state index is 11.7. The van der Waals surface area contributed by atoms with Gasteiger partial charge in [0, 0.05) is 11.5 Å². The SMILES string of the molecule is Cc1ccc(/C=C/C(=O)O[C@H]2C(=O)OCC2(C)C)o1. The van der Waals surface area contributed by atoms with Crippen molar-refractivity contribution in [3.63, 3.8) is 0 Å². The molecular weight excluding hydrogens is 248 g/mol. The predicted octanol–water partition coefficient (Wildman–Crippen LogP) is 2.10. The Morgan fingerprint density at radius 1 is 1.47 bits per heavy atom. The van der Waals surface area contributed by atoms with Crippen LogP contribution in [0.5, 0.6) is 0 Å². The first-order chi connectivity index (χ1) is 8.88. The molecule has 5 nitrogen and oxygen atoms in total. The van der Waals surface area contributed by atoms with E-state index in [-0.39, 0.29) is 6.61 Å². The van der Waals surface area contributed by atoms with Crippen molar-refractivity contribution in [3.05, 3.63) is 29.7 Å². The van der Waals surface area contributed by atoms with Gasteiger partial charge in [-0.3, -0.25) is 0 Å². The van der Waals surface area contributed by atoms with Gasteiger partial charge in [0.2, 0.25) is 6.10 Å². The van der Waals surface area contributed by atoms with E-state index in [1.54, 1.807) is 12.1 Å². The van der Waals surface area contributed by atoms with E-state index in [1.807, 2.05) is 20.8 Å². The molecule has 102 valence electrons. The Kier molecular flexibility index (Phi) is 3.46. The van der Waals surface area contributed by atoms with Crippen LogP contribution in [0.1, 0.15) is 25.4 Å². The molecule has 0 bridgehead atoms. The summed E-state index contributed by atoms with van der Waals surface area (Å²) in [5.74, 6) is 0.225. The molecule has 2 heterocycles. The average Bonchev–Trinajstić information content (AvgIpc) is 2.85. The first-order valence-electron chi connectivity index (χ1n) is 6.00. The predicted molar refractivity (Wildman–Crippen MR) is 67.1 cm³/mol. The van der Waals surface area contributed by atoms with Crippen LogP contribution in [0.15, 0.2) is 22.6 Å². The molecule has 1 fully saturated rings. The molecule has 0 saturated carbocycles. The first kappa shape index (κ1) is 13.4. The quantitative estimate of drug-likeness (QED) is 0.618. The number of esters is 2. The molecule has 0 radical (unpaired) electrons. The van der Waals surface area contributed by atoms with Crippen LogP contribution in [0.25, 0.3) is 6.08 Å². The molecule has 1 saturated heterocycles. The lowest BCUT2D eigenvalue weighted by molar-refractivity contribution is -0.159. The number of aryl methyl sites for hydroxylation is 1. The lowest BCUT2D eigenvalue weighted by Crippen LogP contribution is -2.34. The van der Waals surface area contributed by atoms with Crippen molar-refractivity contribution < 1.29 is 23.5 Å². The van der Waals surface area contributed by atoms with E-state index in [0.29, 0.717) is 5.76 Å². The zero-order valence-electron chi connectivity index (χ0n) is 11.1. The minimum atomic E-state index is -0.858. The van der Waals surface area contributed by atoms with E-state index < -0.39 is 23.5 Å². The van der Waals surface area contributed by atoms with Crippen LogP contribution in [0, 0.1) is 12.3 Å². The van der Waals surface area contributed by atoms with Gasteiger partial charge in [-0.2, -0.15) is 0 Å². The van der Waals surface area contributed by atoms with Gasteiger partial charge in [-0.15, -0.1) is 0 Å². The number of rotatable bonds is 3. The van der Waals surface area contributed by atoms with Crippen molar-refractivity contribution in [1.29, 1.82) is 0 Å². The fraction of sp³-hybridized carbons (Fsp3) is 0.429. The summed E-state index contributed by atoms with van der Waals surface area (Å²) in [6, 6.07) is 3.54. The van der Waals surface area contributed by atoms with Crippen LogP contribution in [0.4, 0.5) is 0 Å². The standard InChI is InChI=1S/C14H16O5/c1-9-4-5-10(18-9)6-7-11(15)19-12-13(16)17-8-14(12,2)3/h4-7,12H,8H2,1-3H3/b7-6+/t12-/m0/s1. The van der Waals surface area contributed by atoms with Crippen LogP contribution in [-0.4, -0.2) is 24.6 Å². The molecule has 1 aromatic heterocycles. The van der Waals surface area contributed by atoms with Crippen molar-refractivity contribution in [1.82, 2.24) is 0 Å². The number of furan rings is 1. The highest BCUT2D eigenvalue weighted by Gasteiger charge is 2.46. The molecule has 0 unspecified atom stereocenters. The first-order valence-corrected chi connectivity index (χ1v) is 6.00. The Balaban J connectivity index is 1.98. The fourth-order valence-electron chi connectivity index (χ4n) is 1.78. The minimum Gasteiger partial charge on any atom is -0.462 e. The van der Waals surface area contributed by atoms with Crippen molar-refractivity contribution in [2.24, 2.45) is 5.41 Å². The number of ether oxygens (including phenoxy) is 2. The fourth-order valence-corrected chi connectivity index (χ4v) is 1.78. The van der Waals surface area contributed by atoms with Gasteiger partial charge in [0.15, 0.2) is 0 Å². The van der Waals surface area contributed by atoms with Crippen molar-refractivity contribution in [2.45, 2.75) is 26.9 Å². The molecule has 0 aliphatic carbocycles. The van der Waals surface area contributed by atoms with Crippen molar-refractivity contribution in [3.8, 4) is 0 Å². The molecule has 0 N–H and O–H groups in total. The normalized spacial score (nSPS) is 21.6. The highest BCUT2D eigenvalue weighted by atomic mass is 16.6. The molecular formula is C14H16O5. The molecule has 2 rings (SSSR count). The zero-order valence-corrected chi connectivity index (χ0v) is 11.1. The van der Waals surface area contributed by atoms with Gasteiger partial charge < -0.3 is 13.9 Å². The van der Waals surface area contributed by atoms with Gasteiger partial charge in [-0.25, -0.2) is 9.59 Å². The number of hydrogen-bond donors (Lipinski definition) is 0. The topological polar surface area (TPSA) is 65.7 Å². The largest absolute Gasteiger partial charge is 0.462 e. The summed E-state index contributed by atoms with van der Waals surface area (Å²) in [6.07, 6.45) is 1.88. The lowest BCUT2D eigenvalue weighted by Gasteiger charge is -2.20. The van der Waals surface area contributed by atoms with E-state index in [9.17, 15) is 9.59 Å². The van der Waals surface area contributed by atoms with Crippen molar-refractivity contribution >= 4 is 18.0 Å². The second-order valence-electron chi connectivity index (χ2n) is 5.19. The monoisotopic (exact) mass is 264 g/mol. The molecule has 0 spiro atoms. The molecule has 0 aromatic carbocycles. The number of hydrogen-bond acceptors (Lipinski definition) is 5. The van der Waals surface area contributed by atoms with Crippen LogP contribution in [0.3, 0.4) is 0 Å². The van der Waals surface area contributed by atoms with Gasteiger partial charge >= 0.3 is 11.9 Å². The Hall–Kier alpha value is -2.04. The highest BCUT2D eigenvalue weighted by molar-refractivity contribution is 5.89. The molecule has 0 amide bonds. The summed E-state index contributed by atoms with van der Waals surface area (Å²) >= 11 is 0. The molecule has 1 aliphatic rings. The third kappa shape index (κ3) is 3.05. The van der Waals surface area contributed by atoms with Gasteiger partial charge in [-0.05, 0) is 25.1 Å². The van der Waals surface area contributed by atoms with Crippen LogP contribution >= 0.6 is 0 Å². The smallest absolute Gasteiger partial charge is 0.348 e. The summed E-state index contributed by atoms with van der Waals surface area (Å²) in [4.78, 5) is 23.1. The number of carbonyl (C=O) groups is 2. The van der Waals surface area contributed by atoms with Crippen LogP contribution in [-0.2, 0) is 19.1 Å². The second-order valence-corrected chi connectivity index (χ2v) is 5.19. The Morgan fingerprint density at radius 2 is 2.21 bits per heavy atom.